The van der Waals surface area contributed by atoms with Gasteiger partial charge < -0.3 is 0 Å². The van der Waals surface area contributed by atoms with E-state index in [0.717, 1.165) is 29.6 Å². The molecule has 5 rings (SSSR count). The van der Waals surface area contributed by atoms with Gasteiger partial charge in [0.25, 0.3) is 0 Å². The normalized spacial score (nSPS) is 80.5. The van der Waals surface area contributed by atoms with Crippen molar-refractivity contribution in [3.05, 3.63) is 0 Å². The maximum Gasteiger partial charge on any atom is 0.0703 e. The summed E-state index contributed by atoms with van der Waals surface area (Å²) in [6.07, 6.45) is 4.52. The molecule has 5 fully saturated rings. The van der Waals surface area contributed by atoms with E-state index in [1.807, 2.05) is 0 Å². The standard InChI is InChI=1S/C12H15B/c13-7-3-6-4-1-2-5-8(7)12-10(5)9(4)11(6)12/h4-12H,1-3H2. The molecule has 0 aromatic carbocycles. The van der Waals surface area contributed by atoms with Gasteiger partial charge in [0, 0.05) is 0 Å². The van der Waals surface area contributed by atoms with Crippen LogP contribution in [0.3, 0.4) is 0 Å². The second kappa shape index (κ2) is 1.63. The minimum absolute atomic E-state index is 0.608. The highest BCUT2D eigenvalue weighted by atomic mass is 14.8. The Hall–Kier alpha value is 0.0649. The lowest BCUT2D eigenvalue weighted by Gasteiger charge is -2.85. The van der Waals surface area contributed by atoms with Gasteiger partial charge in [0.15, 0.2) is 0 Å². The van der Waals surface area contributed by atoms with Gasteiger partial charge in [0.2, 0.25) is 0 Å². The molecule has 0 nitrogen and oxygen atoms in total. The van der Waals surface area contributed by atoms with Crippen molar-refractivity contribution in [3.63, 3.8) is 0 Å². The maximum atomic E-state index is 6.30. The van der Waals surface area contributed by atoms with Crippen LogP contribution >= 0.6 is 0 Å². The van der Waals surface area contributed by atoms with Crippen LogP contribution in [0.2, 0.25) is 5.82 Å². The van der Waals surface area contributed by atoms with E-state index in [0.29, 0.717) is 5.82 Å². The molecular formula is C12H15B. The molecule has 2 radical (unpaired) electrons. The van der Waals surface area contributed by atoms with Gasteiger partial charge in [-0.2, -0.15) is 0 Å². The summed E-state index contributed by atoms with van der Waals surface area (Å²) in [5, 5.41) is 0. The molecule has 0 spiro atoms. The van der Waals surface area contributed by atoms with Crippen LogP contribution in [0.1, 0.15) is 19.3 Å². The van der Waals surface area contributed by atoms with Crippen LogP contribution in [0.15, 0.2) is 0 Å². The molecule has 0 N–H and O–H groups in total. The van der Waals surface area contributed by atoms with Gasteiger partial charge in [0.05, 0.1) is 7.85 Å². The lowest BCUT2D eigenvalue weighted by molar-refractivity contribution is -0.359. The fourth-order valence-electron chi connectivity index (χ4n) is 6.51. The Morgan fingerprint density at radius 2 is 1.38 bits per heavy atom. The summed E-state index contributed by atoms with van der Waals surface area (Å²) in [5.74, 6) is 9.68. The summed E-state index contributed by atoms with van der Waals surface area (Å²) in [4.78, 5) is 0. The molecule has 0 aromatic rings. The first-order chi connectivity index (χ1) is 6.38. The van der Waals surface area contributed by atoms with Crippen molar-refractivity contribution >= 4 is 7.85 Å². The molecule has 0 aliphatic heterocycles. The van der Waals surface area contributed by atoms with Gasteiger partial charge in [0.1, 0.15) is 0 Å². The van der Waals surface area contributed by atoms with Crippen LogP contribution in [0.5, 0.6) is 0 Å². The highest BCUT2D eigenvalue weighted by Gasteiger charge is 2.78. The summed E-state index contributed by atoms with van der Waals surface area (Å²) in [7, 11) is 6.30. The molecule has 13 heavy (non-hydrogen) atoms. The van der Waals surface area contributed by atoms with E-state index in [9.17, 15) is 0 Å². The van der Waals surface area contributed by atoms with Crippen LogP contribution in [0.25, 0.3) is 0 Å². The van der Waals surface area contributed by atoms with Gasteiger partial charge in [-0.25, -0.2) is 0 Å². The maximum absolute atomic E-state index is 6.30. The largest absolute Gasteiger partial charge is 0.0738 e. The first-order valence-corrected chi connectivity index (χ1v) is 6.13. The lowest BCUT2D eigenvalue weighted by Crippen LogP contribution is -2.80. The summed E-state index contributed by atoms with van der Waals surface area (Å²) in [5.41, 5.74) is 0. The summed E-state index contributed by atoms with van der Waals surface area (Å²) in [6.45, 7) is 0. The quantitative estimate of drug-likeness (QED) is 0.488. The van der Waals surface area contributed by atoms with Crippen molar-refractivity contribution < 1.29 is 0 Å². The Bertz CT molecular complexity index is 270. The zero-order valence-corrected chi connectivity index (χ0v) is 7.89. The molecule has 5 saturated carbocycles. The van der Waals surface area contributed by atoms with E-state index >= 15 is 0 Å². The minimum atomic E-state index is 0.608. The number of rotatable bonds is 0. The molecular weight excluding hydrogens is 155 g/mol. The van der Waals surface area contributed by atoms with E-state index in [1.54, 1.807) is 12.8 Å². The number of hydrogen-bond acceptors (Lipinski definition) is 0. The zero-order valence-electron chi connectivity index (χ0n) is 7.89. The first kappa shape index (κ1) is 6.53. The Kier molecular flexibility index (Phi) is 0.821. The molecule has 5 aliphatic rings. The van der Waals surface area contributed by atoms with Crippen LogP contribution in [0.4, 0.5) is 0 Å². The van der Waals surface area contributed by atoms with Crippen LogP contribution < -0.4 is 0 Å². The highest BCUT2D eigenvalue weighted by molar-refractivity contribution is 6.12. The number of fused-ring (bicyclic) bond motifs is 2. The Morgan fingerprint density at radius 3 is 2.31 bits per heavy atom. The molecule has 0 heterocycles. The zero-order chi connectivity index (χ0) is 8.32. The van der Waals surface area contributed by atoms with E-state index in [2.05, 4.69) is 0 Å². The average molecular weight is 170 g/mol. The monoisotopic (exact) mass is 170 g/mol. The molecule has 66 valence electrons. The predicted octanol–water partition coefficient (Wildman–Crippen LogP) is 2.11. The second-order valence-electron chi connectivity index (χ2n) is 6.36. The summed E-state index contributed by atoms with van der Waals surface area (Å²) >= 11 is 0. The van der Waals surface area contributed by atoms with Gasteiger partial charge in [-0.05, 0) is 60.2 Å². The van der Waals surface area contributed by atoms with Gasteiger partial charge in [-0.3, -0.25) is 0 Å². The molecule has 0 amide bonds. The van der Waals surface area contributed by atoms with Crippen LogP contribution in [0, 0.1) is 47.3 Å². The van der Waals surface area contributed by atoms with Crippen molar-refractivity contribution in [2.75, 3.05) is 0 Å². The van der Waals surface area contributed by atoms with Gasteiger partial charge in [-0.1, -0.05) is 12.2 Å². The first-order valence-electron chi connectivity index (χ1n) is 6.13. The third-order valence-electron chi connectivity index (χ3n) is 6.62. The van der Waals surface area contributed by atoms with E-state index in [1.165, 1.54) is 24.2 Å². The molecule has 9 unspecified atom stereocenters. The molecule has 0 bridgehead atoms. The molecule has 1 heteroatoms. The average Bonchev–Trinajstić information content (AvgIpc) is 1.99. The lowest BCUT2D eigenvalue weighted by atomic mass is 9.19. The third kappa shape index (κ3) is 0.434. The van der Waals surface area contributed by atoms with Gasteiger partial charge >= 0.3 is 0 Å². The molecule has 9 atom stereocenters. The topological polar surface area (TPSA) is 0 Å². The smallest absolute Gasteiger partial charge is 0.0703 e. The molecule has 5 aliphatic carbocycles. The highest BCUT2D eigenvalue weighted by Crippen LogP contribution is 2.84. The molecule has 0 saturated heterocycles. The SMILES string of the molecule is [B]C1CC2C3CCC4C1C1C2C3C41. The third-order valence-corrected chi connectivity index (χ3v) is 6.62. The van der Waals surface area contributed by atoms with Crippen LogP contribution in [-0.4, -0.2) is 7.85 Å². The van der Waals surface area contributed by atoms with Crippen LogP contribution in [-0.2, 0) is 0 Å². The fraction of sp³-hybridized carbons (Fsp3) is 1.00. The predicted molar refractivity (Wildman–Crippen MR) is 51.3 cm³/mol. The van der Waals surface area contributed by atoms with Crippen molar-refractivity contribution in [1.82, 2.24) is 0 Å². The summed E-state index contributed by atoms with van der Waals surface area (Å²) in [6, 6.07) is 0. The summed E-state index contributed by atoms with van der Waals surface area (Å²) < 4.78 is 0. The van der Waals surface area contributed by atoms with Crippen molar-refractivity contribution in [2.24, 2.45) is 47.3 Å². The fourth-order valence-corrected chi connectivity index (χ4v) is 6.51. The van der Waals surface area contributed by atoms with E-state index in [4.69, 9.17) is 7.85 Å². The Balaban J connectivity index is 1.69. The van der Waals surface area contributed by atoms with Crippen molar-refractivity contribution in [1.29, 1.82) is 0 Å². The van der Waals surface area contributed by atoms with E-state index in [-0.39, 0.29) is 0 Å². The minimum Gasteiger partial charge on any atom is -0.0738 e. The second-order valence-corrected chi connectivity index (χ2v) is 6.36. The Labute approximate surface area is 80.9 Å². The Morgan fingerprint density at radius 1 is 0.692 bits per heavy atom. The van der Waals surface area contributed by atoms with Crippen molar-refractivity contribution in [3.8, 4) is 0 Å². The van der Waals surface area contributed by atoms with Crippen molar-refractivity contribution in [2.45, 2.75) is 25.1 Å². The van der Waals surface area contributed by atoms with E-state index < -0.39 is 0 Å². The number of hydrogen-bond donors (Lipinski definition) is 0. The van der Waals surface area contributed by atoms with Gasteiger partial charge in [-0.15, -0.1) is 0 Å². The molecule has 0 aromatic heterocycles.